The fourth-order valence-corrected chi connectivity index (χ4v) is 1.78. The molecule has 0 amide bonds. The predicted molar refractivity (Wildman–Crippen MR) is 47.3 cm³/mol. The summed E-state index contributed by atoms with van der Waals surface area (Å²) in [6.45, 7) is 1.63. The second kappa shape index (κ2) is 3.17. The van der Waals surface area contributed by atoms with Gasteiger partial charge >= 0.3 is 0 Å². The lowest BCUT2D eigenvalue weighted by Gasteiger charge is -2.02. The first-order chi connectivity index (χ1) is 5.95. The largest absolute Gasteiger partial charge is 0.238 e. The van der Waals surface area contributed by atoms with Gasteiger partial charge in [-0.1, -0.05) is 6.07 Å². The average molecular weight is 196 g/mol. The van der Waals surface area contributed by atoms with Gasteiger partial charge in [0.1, 0.15) is 0 Å². The monoisotopic (exact) mass is 196 g/mol. The van der Waals surface area contributed by atoms with Crippen molar-refractivity contribution in [2.75, 3.05) is 0 Å². The Morgan fingerprint density at radius 1 is 1.46 bits per heavy atom. The van der Waals surface area contributed by atoms with Gasteiger partial charge in [0, 0.05) is 0 Å². The van der Waals surface area contributed by atoms with Crippen molar-refractivity contribution in [1.29, 1.82) is 5.26 Å². The molecule has 0 saturated carbocycles. The van der Waals surface area contributed by atoms with Crippen molar-refractivity contribution >= 4 is 10.0 Å². The summed E-state index contributed by atoms with van der Waals surface area (Å²) in [6, 6.07) is 6.21. The number of nitrogens with two attached hydrogens (primary N) is 1. The third-order valence-electron chi connectivity index (χ3n) is 1.62. The Labute approximate surface area is 76.7 Å². The minimum Gasteiger partial charge on any atom is -0.225 e. The van der Waals surface area contributed by atoms with E-state index in [2.05, 4.69) is 0 Å². The van der Waals surface area contributed by atoms with Gasteiger partial charge in [0.2, 0.25) is 10.0 Å². The van der Waals surface area contributed by atoms with Gasteiger partial charge in [-0.3, -0.25) is 0 Å². The van der Waals surface area contributed by atoms with Gasteiger partial charge in [0.25, 0.3) is 0 Å². The lowest BCUT2D eigenvalue weighted by Crippen LogP contribution is -2.13. The summed E-state index contributed by atoms with van der Waals surface area (Å²) in [5, 5.41) is 13.5. The number of nitriles is 1. The summed E-state index contributed by atoms with van der Waals surface area (Å²) in [5.74, 6) is 0. The standard InChI is InChI=1S/C8H8N2O2S/c1-6-2-3-7(5-9)4-8(6)13(10,11)12/h2-4H,1H3,(H2,10,11,12). The summed E-state index contributed by atoms with van der Waals surface area (Å²) in [5.41, 5.74) is 0.830. The molecule has 13 heavy (non-hydrogen) atoms. The highest BCUT2D eigenvalue weighted by Gasteiger charge is 2.11. The van der Waals surface area contributed by atoms with Gasteiger partial charge < -0.3 is 0 Å². The number of primary sulfonamides is 1. The molecule has 0 aliphatic carbocycles. The summed E-state index contributed by atoms with van der Waals surface area (Å²) in [7, 11) is -3.72. The molecule has 0 aliphatic rings. The Bertz CT molecular complexity index is 471. The van der Waals surface area contributed by atoms with Crippen molar-refractivity contribution in [2.45, 2.75) is 11.8 Å². The van der Waals surface area contributed by atoms with Crippen LogP contribution < -0.4 is 5.14 Å². The molecule has 0 bridgehead atoms. The van der Waals surface area contributed by atoms with Crippen molar-refractivity contribution in [2.24, 2.45) is 5.14 Å². The zero-order chi connectivity index (χ0) is 10.1. The number of benzene rings is 1. The van der Waals surface area contributed by atoms with Gasteiger partial charge in [-0.25, -0.2) is 13.6 Å². The molecule has 0 unspecified atom stereocenters. The third kappa shape index (κ3) is 2.05. The molecule has 0 aliphatic heterocycles. The molecule has 0 aromatic heterocycles. The van der Waals surface area contributed by atoms with E-state index in [1.54, 1.807) is 19.1 Å². The molecule has 0 spiro atoms. The maximum Gasteiger partial charge on any atom is 0.238 e. The van der Waals surface area contributed by atoms with E-state index in [4.69, 9.17) is 10.4 Å². The van der Waals surface area contributed by atoms with Crippen LogP contribution >= 0.6 is 0 Å². The smallest absolute Gasteiger partial charge is 0.225 e. The molecule has 0 fully saturated rings. The molecule has 0 radical (unpaired) electrons. The summed E-state index contributed by atoms with van der Waals surface area (Å²) in [6.07, 6.45) is 0. The molecule has 1 rings (SSSR count). The lowest BCUT2D eigenvalue weighted by molar-refractivity contribution is 0.597. The fourth-order valence-electron chi connectivity index (χ4n) is 0.976. The summed E-state index contributed by atoms with van der Waals surface area (Å²) < 4.78 is 22.0. The molecule has 68 valence electrons. The Morgan fingerprint density at radius 2 is 2.08 bits per heavy atom. The maximum absolute atomic E-state index is 11.0. The molecule has 0 heterocycles. The van der Waals surface area contributed by atoms with E-state index in [1.165, 1.54) is 6.07 Å². The van der Waals surface area contributed by atoms with Crippen LogP contribution in [-0.2, 0) is 10.0 Å². The van der Waals surface area contributed by atoms with Crippen molar-refractivity contribution in [3.63, 3.8) is 0 Å². The first kappa shape index (κ1) is 9.71. The first-order valence-corrected chi connectivity index (χ1v) is 5.03. The Morgan fingerprint density at radius 3 is 2.54 bits per heavy atom. The number of nitrogens with zero attached hydrogens (tertiary/aromatic N) is 1. The highest BCUT2D eigenvalue weighted by Crippen LogP contribution is 2.14. The van der Waals surface area contributed by atoms with Crippen LogP contribution in [0.15, 0.2) is 23.1 Å². The Balaban J connectivity index is 3.47. The van der Waals surface area contributed by atoms with E-state index in [1.807, 2.05) is 6.07 Å². The molecule has 0 saturated heterocycles. The van der Waals surface area contributed by atoms with E-state index < -0.39 is 10.0 Å². The summed E-state index contributed by atoms with van der Waals surface area (Å²) in [4.78, 5) is 0.00606. The van der Waals surface area contributed by atoms with E-state index in [9.17, 15) is 8.42 Å². The predicted octanol–water partition coefficient (Wildman–Crippen LogP) is 0.514. The van der Waals surface area contributed by atoms with Crippen LogP contribution in [0, 0.1) is 18.3 Å². The highest BCUT2D eigenvalue weighted by atomic mass is 32.2. The van der Waals surface area contributed by atoms with Crippen LogP contribution in [0.1, 0.15) is 11.1 Å². The maximum atomic E-state index is 11.0. The molecule has 4 nitrogen and oxygen atoms in total. The average Bonchev–Trinajstić information content (AvgIpc) is 2.03. The molecule has 1 aromatic carbocycles. The normalized spacial score (nSPS) is 10.8. The number of hydrogen-bond acceptors (Lipinski definition) is 3. The van der Waals surface area contributed by atoms with E-state index >= 15 is 0 Å². The molecular weight excluding hydrogens is 188 g/mol. The number of aryl methyl sites for hydroxylation is 1. The topological polar surface area (TPSA) is 83.9 Å². The number of rotatable bonds is 1. The van der Waals surface area contributed by atoms with Crippen molar-refractivity contribution < 1.29 is 8.42 Å². The second-order valence-corrected chi connectivity index (χ2v) is 4.17. The van der Waals surface area contributed by atoms with Crippen molar-refractivity contribution in [3.05, 3.63) is 29.3 Å². The van der Waals surface area contributed by atoms with E-state index in [0.717, 1.165) is 0 Å². The van der Waals surface area contributed by atoms with Crippen LogP contribution in [0.5, 0.6) is 0 Å². The minimum atomic E-state index is -3.72. The molecule has 5 heteroatoms. The van der Waals surface area contributed by atoms with Crippen molar-refractivity contribution in [1.82, 2.24) is 0 Å². The van der Waals surface area contributed by atoms with Gasteiger partial charge in [0.15, 0.2) is 0 Å². The van der Waals surface area contributed by atoms with Gasteiger partial charge in [-0.05, 0) is 24.6 Å². The third-order valence-corrected chi connectivity index (χ3v) is 2.68. The quantitative estimate of drug-likeness (QED) is 0.710. The van der Waals surface area contributed by atoms with E-state index in [0.29, 0.717) is 5.56 Å². The Kier molecular flexibility index (Phi) is 2.36. The highest BCUT2D eigenvalue weighted by molar-refractivity contribution is 7.89. The van der Waals surface area contributed by atoms with Gasteiger partial charge in [-0.2, -0.15) is 5.26 Å². The van der Waals surface area contributed by atoms with E-state index in [-0.39, 0.29) is 10.5 Å². The molecule has 2 N–H and O–H groups in total. The summed E-state index contributed by atoms with van der Waals surface area (Å²) >= 11 is 0. The van der Waals surface area contributed by atoms with Gasteiger partial charge in [-0.15, -0.1) is 0 Å². The second-order valence-electron chi connectivity index (χ2n) is 2.64. The SMILES string of the molecule is Cc1ccc(C#N)cc1S(N)(=O)=O. The molecule has 1 aromatic rings. The van der Waals surface area contributed by atoms with Crippen LogP contribution in [0.4, 0.5) is 0 Å². The molecule has 0 atom stereocenters. The lowest BCUT2D eigenvalue weighted by atomic mass is 10.2. The number of sulfonamides is 1. The van der Waals surface area contributed by atoms with Crippen LogP contribution in [0.2, 0.25) is 0 Å². The fraction of sp³-hybridized carbons (Fsp3) is 0.125. The first-order valence-electron chi connectivity index (χ1n) is 3.48. The Hall–Kier alpha value is -1.38. The van der Waals surface area contributed by atoms with Crippen molar-refractivity contribution in [3.8, 4) is 6.07 Å². The number of hydrogen-bond donors (Lipinski definition) is 1. The van der Waals surface area contributed by atoms with Gasteiger partial charge in [0.05, 0.1) is 16.5 Å². The molecular formula is C8H8N2O2S. The zero-order valence-electron chi connectivity index (χ0n) is 6.98. The minimum absolute atomic E-state index is 0.00606. The van der Waals surface area contributed by atoms with Crippen LogP contribution in [0.25, 0.3) is 0 Å². The van der Waals surface area contributed by atoms with Crippen LogP contribution in [0.3, 0.4) is 0 Å². The van der Waals surface area contributed by atoms with Crippen LogP contribution in [-0.4, -0.2) is 8.42 Å². The zero-order valence-corrected chi connectivity index (χ0v) is 7.80.